The maximum atomic E-state index is 12.8. The molecule has 1 aromatic rings. The molecular weight excluding hydrogens is 306 g/mol. The van der Waals surface area contributed by atoms with Gasteiger partial charge >= 0.3 is 0 Å². The molecule has 2 aliphatic rings. The van der Waals surface area contributed by atoms with Gasteiger partial charge in [-0.15, -0.1) is 0 Å². The minimum atomic E-state index is -3.42. The highest BCUT2D eigenvalue weighted by molar-refractivity contribution is 7.99. The van der Waals surface area contributed by atoms with Gasteiger partial charge in [-0.1, -0.05) is 64.3 Å². The van der Waals surface area contributed by atoms with Crippen LogP contribution in [-0.4, -0.2) is 14.0 Å². The van der Waals surface area contributed by atoms with E-state index in [-0.39, 0.29) is 11.0 Å². The fraction of sp³-hybridized carbons (Fsp3) is 0.579. The Balaban J connectivity index is 2.06. The Bertz CT molecular complexity index is 731. The molecule has 0 aromatic heterocycles. The molecule has 0 saturated heterocycles. The molecular formula is C19H27NO2S. The minimum absolute atomic E-state index is 0.0688. The van der Waals surface area contributed by atoms with E-state index in [1.165, 1.54) is 12.0 Å². The second-order valence-corrected chi connectivity index (χ2v) is 9.65. The average molecular weight is 333 g/mol. The van der Waals surface area contributed by atoms with Gasteiger partial charge in [0.05, 0.1) is 10.4 Å². The van der Waals surface area contributed by atoms with Gasteiger partial charge in [-0.2, -0.15) is 0 Å². The molecule has 1 saturated carbocycles. The Morgan fingerprint density at radius 1 is 1.00 bits per heavy atom. The molecule has 3 rings (SSSR count). The van der Waals surface area contributed by atoms with Gasteiger partial charge in [-0.3, -0.25) is 0 Å². The highest BCUT2D eigenvalue weighted by Gasteiger charge is 2.47. The smallest absolute Gasteiger partial charge is 0.207 e. The van der Waals surface area contributed by atoms with Crippen LogP contribution >= 0.6 is 0 Å². The van der Waals surface area contributed by atoms with Gasteiger partial charge in [-0.25, -0.2) is 13.1 Å². The molecule has 1 aromatic carbocycles. The first-order chi connectivity index (χ1) is 10.7. The van der Waals surface area contributed by atoms with E-state index in [1.54, 1.807) is 0 Å². The average Bonchev–Trinajstić information content (AvgIpc) is 2.65. The number of hydrogen-bond donors (Lipinski definition) is 1. The molecule has 126 valence electrons. The lowest BCUT2D eigenvalue weighted by molar-refractivity contribution is 0.321. The van der Waals surface area contributed by atoms with E-state index in [4.69, 9.17) is 0 Å². The summed E-state index contributed by atoms with van der Waals surface area (Å²) in [5, 5.41) is 0. The maximum absolute atomic E-state index is 12.8. The molecule has 0 unspecified atom stereocenters. The molecule has 1 fully saturated rings. The molecule has 0 radical (unpaired) electrons. The number of hydrogen-bond acceptors (Lipinski definition) is 2. The molecule has 0 atom stereocenters. The molecule has 0 amide bonds. The summed E-state index contributed by atoms with van der Waals surface area (Å²) in [4.78, 5) is 0.500. The summed E-state index contributed by atoms with van der Waals surface area (Å²) in [7, 11) is -3.42. The zero-order valence-electron chi connectivity index (χ0n) is 14.6. The number of benzene rings is 1. The van der Waals surface area contributed by atoms with Crippen molar-refractivity contribution in [1.82, 2.24) is 4.72 Å². The summed E-state index contributed by atoms with van der Waals surface area (Å²) in [5.41, 5.74) is 2.76. The van der Waals surface area contributed by atoms with Crippen molar-refractivity contribution in [3.63, 3.8) is 0 Å². The number of rotatable bonds is 1. The molecule has 0 bridgehead atoms. The Labute approximate surface area is 140 Å². The summed E-state index contributed by atoms with van der Waals surface area (Å²) >= 11 is 0. The van der Waals surface area contributed by atoms with Crippen LogP contribution in [0.2, 0.25) is 0 Å². The predicted molar refractivity (Wildman–Crippen MR) is 95.6 cm³/mol. The van der Waals surface area contributed by atoms with E-state index in [0.29, 0.717) is 4.91 Å². The lowest BCUT2D eigenvalue weighted by atomic mass is 9.77. The number of sulfonamides is 1. The Morgan fingerprint density at radius 3 is 2.09 bits per heavy atom. The van der Waals surface area contributed by atoms with Crippen LogP contribution in [0.1, 0.15) is 70.9 Å². The van der Waals surface area contributed by atoms with Crippen LogP contribution in [-0.2, 0) is 15.4 Å². The van der Waals surface area contributed by atoms with Crippen LogP contribution in [0.4, 0.5) is 0 Å². The first-order valence-corrected chi connectivity index (χ1v) is 10.0. The van der Waals surface area contributed by atoms with Crippen molar-refractivity contribution >= 4 is 14.9 Å². The van der Waals surface area contributed by atoms with Crippen LogP contribution in [0.5, 0.6) is 0 Å². The first kappa shape index (κ1) is 16.7. The van der Waals surface area contributed by atoms with Crippen LogP contribution in [0.15, 0.2) is 29.8 Å². The molecule has 23 heavy (non-hydrogen) atoms. The summed E-state index contributed by atoms with van der Waals surface area (Å²) < 4.78 is 28.5. The largest absolute Gasteiger partial charge is 0.241 e. The Morgan fingerprint density at radius 2 is 1.57 bits per heavy atom. The zero-order chi connectivity index (χ0) is 16.9. The minimum Gasteiger partial charge on any atom is -0.207 e. The lowest BCUT2D eigenvalue weighted by Gasteiger charge is -2.34. The van der Waals surface area contributed by atoms with Crippen LogP contribution < -0.4 is 4.72 Å². The predicted octanol–water partition coefficient (Wildman–Crippen LogP) is 4.35. The number of nitrogens with one attached hydrogen (secondary N) is 1. The van der Waals surface area contributed by atoms with Crippen LogP contribution in [0.3, 0.4) is 0 Å². The molecule has 1 aliphatic heterocycles. The van der Waals surface area contributed by atoms with Crippen molar-refractivity contribution in [2.75, 3.05) is 0 Å². The van der Waals surface area contributed by atoms with Crippen LogP contribution in [0, 0.1) is 0 Å². The third-order valence-corrected chi connectivity index (χ3v) is 7.12. The van der Waals surface area contributed by atoms with E-state index < -0.39 is 10.0 Å². The van der Waals surface area contributed by atoms with Gasteiger partial charge in [0.1, 0.15) is 0 Å². The van der Waals surface area contributed by atoms with E-state index in [1.807, 2.05) is 19.1 Å². The van der Waals surface area contributed by atoms with Gasteiger partial charge in [-0.05, 0) is 41.9 Å². The molecule has 1 spiro atoms. The normalized spacial score (nSPS) is 23.5. The standard InChI is InChI=1S/C19H27NO2S/c1-14-17(15-8-10-16(11-9-15)18(2,3)4)23(21,22)20-19(14)12-6-5-7-13-19/h8-11,20H,5-7,12-13H2,1-4H3. The monoisotopic (exact) mass is 333 g/mol. The van der Waals surface area contributed by atoms with Crippen molar-refractivity contribution in [3.8, 4) is 0 Å². The maximum Gasteiger partial charge on any atom is 0.241 e. The highest BCUT2D eigenvalue weighted by atomic mass is 32.2. The summed E-state index contributed by atoms with van der Waals surface area (Å²) in [5.74, 6) is 0. The van der Waals surface area contributed by atoms with Gasteiger partial charge in [0, 0.05) is 0 Å². The highest BCUT2D eigenvalue weighted by Crippen LogP contribution is 2.45. The van der Waals surface area contributed by atoms with Gasteiger partial charge in [0.2, 0.25) is 10.0 Å². The second-order valence-electron chi connectivity index (χ2n) is 8.03. The van der Waals surface area contributed by atoms with Gasteiger partial charge in [0.15, 0.2) is 0 Å². The van der Waals surface area contributed by atoms with Gasteiger partial charge in [0.25, 0.3) is 0 Å². The topological polar surface area (TPSA) is 46.2 Å². The van der Waals surface area contributed by atoms with E-state index in [2.05, 4.69) is 37.6 Å². The third-order valence-electron chi connectivity index (χ3n) is 5.38. The van der Waals surface area contributed by atoms with Crippen molar-refractivity contribution in [3.05, 3.63) is 41.0 Å². The van der Waals surface area contributed by atoms with Gasteiger partial charge < -0.3 is 0 Å². The van der Waals surface area contributed by atoms with Crippen molar-refractivity contribution in [2.45, 2.75) is 70.8 Å². The third kappa shape index (κ3) is 2.87. The Kier molecular flexibility index (Phi) is 3.96. The zero-order valence-corrected chi connectivity index (χ0v) is 15.4. The van der Waals surface area contributed by atoms with E-state index in [0.717, 1.165) is 36.8 Å². The fourth-order valence-electron chi connectivity index (χ4n) is 3.93. The molecule has 4 heteroatoms. The molecule has 1 heterocycles. The molecule has 1 N–H and O–H groups in total. The summed E-state index contributed by atoms with van der Waals surface area (Å²) in [6.45, 7) is 8.49. The van der Waals surface area contributed by atoms with E-state index >= 15 is 0 Å². The Hall–Kier alpha value is -1.13. The summed E-state index contributed by atoms with van der Waals surface area (Å²) in [6.07, 6.45) is 5.22. The molecule has 3 nitrogen and oxygen atoms in total. The van der Waals surface area contributed by atoms with E-state index in [9.17, 15) is 8.42 Å². The van der Waals surface area contributed by atoms with Crippen molar-refractivity contribution < 1.29 is 8.42 Å². The fourth-order valence-corrected chi connectivity index (χ4v) is 5.95. The van der Waals surface area contributed by atoms with Crippen molar-refractivity contribution in [2.24, 2.45) is 0 Å². The second kappa shape index (κ2) is 5.45. The quantitative estimate of drug-likeness (QED) is 0.830. The first-order valence-electron chi connectivity index (χ1n) is 8.52. The molecule has 1 aliphatic carbocycles. The lowest BCUT2D eigenvalue weighted by Crippen LogP contribution is -2.45. The van der Waals surface area contributed by atoms with Crippen LogP contribution in [0.25, 0.3) is 4.91 Å². The summed E-state index contributed by atoms with van der Waals surface area (Å²) in [6, 6.07) is 8.02. The van der Waals surface area contributed by atoms with Crippen molar-refractivity contribution in [1.29, 1.82) is 0 Å². The SMILES string of the molecule is CC1=C(c2ccc(C(C)(C)C)cc2)S(=O)(=O)NC12CCCCC2.